The number of nitrogens with zero attached hydrogens (tertiary/aromatic N) is 4. The lowest BCUT2D eigenvalue weighted by atomic mass is 9.81. The van der Waals surface area contributed by atoms with E-state index in [1.165, 1.54) is 5.56 Å². The summed E-state index contributed by atoms with van der Waals surface area (Å²) in [6, 6.07) is 12.1. The molecule has 8 nitrogen and oxygen atoms in total. The molecule has 4 aromatic rings. The molecule has 4 heterocycles. The number of nitrogens with one attached hydrogen (secondary N) is 2. The third kappa shape index (κ3) is 3.65. The summed E-state index contributed by atoms with van der Waals surface area (Å²) in [7, 11) is 0. The molecule has 0 radical (unpaired) electrons. The van der Waals surface area contributed by atoms with Crippen molar-refractivity contribution in [3.8, 4) is 0 Å². The van der Waals surface area contributed by atoms with Gasteiger partial charge in [-0.25, -0.2) is 9.97 Å². The molecule has 1 fully saturated rings. The van der Waals surface area contributed by atoms with E-state index < -0.39 is 0 Å². The first-order chi connectivity index (χ1) is 16.7. The predicted octanol–water partition coefficient (Wildman–Crippen LogP) is 4.33. The number of imidazole rings is 1. The Morgan fingerprint density at radius 3 is 2.74 bits per heavy atom. The SMILES string of the molecule is Nc1nccn2c(C3CCC(C(=O)Nc4cccnc4)CC3)nc(C3Cc4ccccc4N3)c12. The molecule has 0 spiro atoms. The van der Waals surface area contributed by atoms with Gasteiger partial charge in [-0.2, -0.15) is 0 Å². The number of carbonyl (C=O) groups excluding carboxylic acids is 1. The molecule has 34 heavy (non-hydrogen) atoms. The molecule has 4 N–H and O–H groups in total. The Morgan fingerprint density at radius 1 is 1.09 bits per heavy atom. The third-order valence-electron chi connectivity index (χ3n) is 7.13. The van der Waals surface area contributed by atoms with Gasteiger partial charge in [-0.05, 0) is 49.4 Å². The van der Waals surface area contributed by atoms with Gasteiger partial charge in [0.25, 0.3) is 0 Å². The molecule has 1 aliphatic carbocycles. The summed E-state index contributed by atoms with van der Waals surface area (Å²) in [5, 5.41) is 6.61. The molecule has 8 heteroatoms. The van der Waals surface area contributed by atoms with Crippen molar-refractivity contribution in [3.63, 3.8) is 0 Å². The van der Waals surface area contributed by atoms with E-state index in [2.05, 4.69) is 43.2 Å². The summed E-state index contributed by atoms with van der Waals surface area (Å²) < 4.78 is 2.11. The van der Waals surface area contributed by atoms with Gasteiger partial charge >= 0.3 is 0 Å². The topological polar surface area (TPSA) is 110 Å². The van der Waals surface area contributed by atoms with E-state index in [1.54, 1.807) is 18.6 Å². The van der Waals surface area contributed by atoms with Gasteiger partial charge in [0, 0.05) is 42.5 Å². The van der Waals surface area contributed by atoms with E-state index in [1.807, 2.05) is 24.4 Å². The number of nitrogen functional groups attached to an aromatic ring is 1. The van der Waals surface area contributed by atoms with Gasteiger partial charge in [0.2, 0.25) is 5.91 Å². The summed E-state index contributed by atoms with van der Waals surface area (Å²) >= 11 is 0. The maximum Gasteiger partial charge on any atom is 0.227 e. The third-order valence-corrected chi connectivity index (χ3v) is 7.13. The number of pyridine rings is 1. The molecule has 0 saturated heterocycles. The lowest BCUT2D eigenvalue weighted by Gasteiger charge is -2.27. The Balaban J connectivity index is 1.23. The van der Waals surface area contributed by atoms with Gasteiger partial charge in [-0.15, -0.1) is 0 Å². The molecule has 6 rings (SSSR count). The van der Waals surface area contributed by atoms with Crippen LogP contribution in [0.4, 0.5) is 17.2 Å². The highest BCUT2D eigenvalue weighted by atomic mass is 16.1. The Hall–Kier alpha value is -3.94. The summed E-state index contributed by atoms with van der Waals surface area (Å²) in [6.45, 7) is 0. The van der Waals surface area contributed by atoms with Crippen LogP contribution in [0, 0.1) is 5.92 Å². The fourth-order valence-corrected chi connectivity index (χ4v) is 5.40. The van der Waals surface area contributed by atoms with Crippen molar-refractivity contribution in [2.24, 2.45) is 5.92 Å². The maximum atomic E-state index is 12.8. The van der Waals surface area contributed by atoms with Crippen LogP contribution in [-0.2, 0) is 11.2 Å². The number of benzene rings is 1. The number of amides is 1. The Bertz CT molecular complexity index is 1320. The number of nitrogens with two attached hydrogens (primary N) is 1. The minimum Gasteiger partial charge on any atom is -0.382 e. The largest absolute Gasteiger partial charge is 0.382 e. The summed E-state index contributed by atoms with van der Waals surface area (Å²) in [5.74, 6) is 1.86. The number of aromatic nitrogens is 4. The lowest BCUT2D eigenvalue weighted by Crippen LogP contribution is -2.27. The van der Waals surface area contributed by atoms with Crippen LogP contribution in [-0.4, -0.2) is 25.3 Å². The number of para-hydroxylation sites is 1. The zero-order valence-electron chi connectivity index (χ0n) is 18.8. The van der Waals surface area contributed by atoms with Crippen LogP contribution in [0.25, 0.3) is 5.52 Å². The second kappa shape index (κ2) is 8.44. The molecular weight excluding hydrogens is 426 g/mol. The molecule has 1 aromatic carbocycles. The minimum atomic E-state index is -0.000105. The van der Waals surface area contributed by atoms with Gasteiger partial charge in [0.1, 0.15) is 17.2 Å². The van der Waals surface area contributed by atoms with Crippen LogP contribution in [0.5, 0.6) is 0 Å². The number of rotatable bonds is 4. The summed E-state index contributed by atoms with van der Waals surface area (Å²) in [5.41, 5.74) is 11.4. The normalized spacial score (nSPS) is 21.7. The monoisotopic (exact) mass is 453 g/mol. The zero-order chi connectivity index (χ0) is 23.1. The smallest absolute Gasteiger partial charge is 0.227 e. The van der Waals surface area contributed by atoms with E-state index in [-0.39, 0.29) is 23.8 Å². The Morgan fingerprint density at radius 2 is 1.94 bits per heavy atom. The average molecular weight is 454 g/mol. The lowest BCUT2D eigenvalue weighted by molar-refractivity contribution is -0.120. The van der Waals surface area contributed by atoms with Crippen LogP contribution in [0.1, 0.15) is 54.7 Å². The standard InChI is InChI=1S/C26H27N7O/c27-24-23-22(21-14-18-4-1-2-6-20(18)31-21)32-25(33(23)13-12-29-24)16-7-9-17(10-8-16)26(34)30-19-5-3-11-28-15-19/h1-6,11-13,15-17,21,31H,7-10,14H2,(H2,27,29)(H,30,34). The van der Waals surface area contributed by atoms with Crippen LogP contribution >= 0.6 is 0 Å². The number of carbonyl (C=O) groups is 1. The van der Waals surface area contributed by atoms with Crippen molar-refractivity contribution in [3.05, 3.63) is 78.3 Å². The number of hydrogen-bond acceptors (Lipinski definition) is 6. The van der Waals surface area contributed by atoms with Gasteiger partial charge < -0.3 is 16.4 Å². The first-order valence-electron chi connectivity index (χ1n) is 11.8. The molecule has 1 saturated carbocycles. The molecule has 1 aliphatic heterocycles. The highest BCUT2D eigenvalue weighted by Crippen LogP contribution is 2.40. The molecular formula is C26H27N7O. The Kier molecular flexibility index (Phi) is 5.13. The van der Waals surface area contributed by atoms with Gasteiger partial charge in [-0.3, -0.25) is 14.2 Å². The first kappa shape index (κ1) is 20.7. The van der Waals surface area contributed by atoms with E-state index in [4.69, 9.17) is 10.7 Å². The average Bonchev–Trinajstić information content (AvgIpc) is 3.47. The van der Waals surface area contributed by atoms with Crippen LogP contribution < -0.4 is 16.4 Å². The molecule has 0 bridgehead atoms. The fraction of sp³-hybridized carbons (Fsp3) is 0.308. The van der Waals surface area contributed by atoms with Crippen LogP contribution in [0.3, 0.4) is 0 Å². The van der Waals surface area contributed by atoms with Crippen molar-refractivity contribution in [2.45, 2.75) is 44.1 Å². The minimum absolute atomic E-state index is 0.000105. The second-order valence-electron chi connectivity index (χ2n) is 9.22. The molecule has 2 aliphatic rings. The molecule has 1 unspecified atom stereocenters. The van der Waals surface area contributed by atoms with Crippen molar-refractivity contribution in [2.75, 3.05) is 16.4 Å². The van der Waals surface area contributed by atoms with Crippen molar-refractivity contribution in [1.82, 2.24) is 19.4 Å². The number of hydrogen-bond donors (Lipinski definition) is 3. The molecule has 172 valence electrons. The fourth-order valence-electron chi connectivity index (χ4n) is 5.40. The van der Waals surface area contributed by atoms with Gasteiger partial charge in [-0.1, -0.05) is 18.2 Å². The first-order valence-corrected chi connectivity index (χ1v) is 11.8. The Labute approximate surface area is 197 Å². The highest BCUT2D eigenvalue weighted by molar-refractivity contribution is 5.92. The summed E-state index contributed by atoms with van der Waals surface area (Å²) in [6.07, 6.45) is 11.4. The van der Waals surface area contributed by atoms with Crippen molar-refractivity contribution >= 4 is 28.6 Å². The zero-order valence-corrected chi connectivity index (χ0v) is 18.8. The number of fused-ring (bicyclic) bond motifs is 2. The molecule has 1 amide bonds. The van der Waals surface area contributed by atoms with Gasteiger partial charge in [0.15, 0.2) is 0 Å². The van der Waals surface area contributed by atoms with E-state index in [9.17, 15) is 4.79 Å². The molecule has 1 atom stereocenters. The highest BCUT2D eigenvalue weighted by Gasteiger charge is 2.33. The molecule has 3 aromatic heterocycles. The van der Waals surface area contributed by atoms with Crippen LogP contribution in [0.2, 0.25) is 0 Å². The van der Waals surface area contributed by atoms with E-state index in [0.717, 1.165) is 60.5 Å². The maximum absolute atomic E-state index is 12.8. The predicted molar refractivity (Wildman–Crippen MR) is 131 cm³/mol. The second-order valence-corrected chi connectivity index (χ2v) is 9.22. The van der Waals surface area contributed by atoms with E-state index in [0.29, 0.717) is 5.82 Å². The van der Waals surface area contributed by atoms with E-state index >= 15 is 0 Å². The van der Waals surface area contributed by atoms with Gasteiger partial charge in [0.05, 0.1) is 23.6 Å². The quantitative estimate of drug-likeness (QED) is 0.424. The number of anilines is 3. The van der Waals surface area contributed by atoms with Crippen molar-refractivity contribution < 1.29 is 4.79 Å². The van der Waals surface area contributed by atoms with Crippen LogP contribution in [0.15, 0.2) is 61.2 Å². The van der Waals surface area contributed by atoms with Crippen molar-refractivity contribution in [1.29, 1.82) is 0 Å². The summed E-state index contributed by atoms with van der Waals surface area (Å²) in [4.78, 5) is 26.3.